The summed E-state index contributed by atoms with van der Waals surface area (Å²) < 4.78 is 11.5. The summed E-state index contributed by atoms with van der Waals surface area (Å²) in [7, 11) is 1.59. The maximum atomic E-state index is 12.7. The van der Waals surface area contributed by atoms with E-state index >= 15 is 0 Å². The van der Waals surface area contributed by atoms with Crippen molar-refractivity contribution in [3.63, 3.8) is 0 Å². The molecule has 0 spiro atoms. The third-order valence-electron chi connectivity index (χ3n) is 4.22. The van der Waals surface area contributed by atoms with Crippen LogP contribution in [0, 0.1) is 6.92 Å². The molecule has 2 aromatic heterocycles. The van der Waals surface area contributed by atoms with E-state index in [0.717, 1.165) is 11.3 Å². The van der Waals surface area contributed by atoms with Crippen molar-refractivity contribution in [1.29, 1.82) is 0 Å². The molecule has 1 aromatic carbocycles. The van der Waals surface area contributed by atoms with E-state index in [9.17, 15) is 9.59 Å². The van der Waals surface area contributed by atoms with E-state index in [1.165, 1.54) is 10.9 Å². The van der Waals surface area contributed by atoms with Crippen molar-refractivity contribution >= 4 is 17.0 Å². The van der Waals surface area contributed by atoms with Crippen LogP contribution >= 0.6 is 0 Å². The number of rotatable bonds is 6. The van der Waals surface area contributed by atoms with Gasteiger partial charge >= 0.3 is 0 Å². The molecule has 1 atom stereocenters. The summed E-state index contributed by atoms with van der Waals surface area (Å²) in [6.45, 7) is 3.85. The van der Waals surface area contributed by atoms with Crippen LogP contribution in [0.4, 0.5) is 0 Å². The molecule has 2 heterocycles. The average Bonchev–Trinajstić information content (AvgIpc) is 3.04. The zero-order valence-electron chi connectivity index (χ0n) is 14.9. The lowest BCUT2D eigenvalue weighted by Gasteiger charge is -2.17. The Labute approximate surface area is 149 Å². The number of nitrogens with zero attached hydrogens (tertiary/aromatic N) is 3. The average molecular weight is 356 g/mol. The van der Waals surface area contributed by atoms with Gasteiger partial charge in [0, 0.05) is 6.54 Å². The number of carbonyl (C=O) groups excluding carboxylic acids is 1. The molecule has 0 bridgehead atoms. The molecule has 0 aliphatic carbocycles. The second kappa shape index (κ2) is 7.38. The zero-order valence-corrected chi connectivity index (χ0v) is 14.9. The highest BCUT2D eigenvalue weighted by Gasteiger charge is 2.22. The van der Waals surface area contributed by atoms with Crippen LogP contribution in [0.2, 0.25) is 0 Å². The standard InChI is InChI=1S/C18H20N4O4/c1-4-14(16(23)19-9-12-6-5-7-13(8-12)25-3)22-10-20-17-15(18(22)24)11(2)21-26-17/h5-8,10,14H,4,9H2,1-3H3,(H,19,23)/t14-/m0/s1. The van der Waals surface area contributed by atoms with E-state index in [1.807, 2.05) is 31.2 Å². The van der Waals surface area contributed by atoms with Gasteiger partial charge in [0.15, 0.2) is 0 Å². The smallest absolute Gasteiger partial charge is 0.267 e. The minimum Gasteiger partial charge on any atom is -0.497 e. The van der Waals surface area contributed by atoms with Crippen LogP contribution in [0.5, 0.6) is 5.75 Å². The molecular weight excluding hydrogens is 336 g/mol. The molecule has 8 heteroatoms. The van der Waals surface area contributed by atoms with Crippen molar-refractivity contribution in [3.05, 3.63) is 52.2 Å². The number of hydrogen-bond donors (Lipinski definition) is 1. The maximum absolute atomic E-state index is 12.7. The fourth-order valence-electron chi connectivity index (χ4n) is 2.81. The number of benzene rings is 1. The molecule has 0 radical (unpaired) electrons. The largest absolute Gasteiger partial charge is 0.497 e. The Morgan fingerprint density at radius 3 is 2.96 bits per heavy atom. The molecule has 3 rings (SSSR count). The lowest BCUT2D eigenvalue weighted by molar-refractivity contribution is -0.124. The molecule has 0 unspecified atom stereocenters. The van der Waals surface area contributed by atoms with Gasteiger partial charge in [-0.2, -0.15) is 0 Å². The Morgan fingerprint density at radius 2 is 2.23 bits per heavy atom. The van der Waals surface area contributed by atoms with Crippen LogP contribution in [0.15, 0.2) is 39.9 Å². The molecular formula is C18H20N4O4. The summed E-state index contributed by atoms with van der Waals surface area (Å²) in [5, 5.41) is 6.92. The Hall–Kier alpha value is -3.16. The monoisotopic (exact) mass is 356 g/mol. The number of fused-ring (bicyclic) bond motifs is 1. The summed E-state index contributed by atoms with van der Waals surface area (Å²) in [4.78, 5) is 29.4. The summed E-state index contributed by atoms with van der Waals surface area (Å²) >= 11 is 0. The molecule has 0 saturated carbocycles. The highest BCUT2D eigenvalue weighted by atomic mass is 16.5. The Bertz CT molecular complexity index is 992. The molecule has 26 heavy (non-hydrogen) atoms. The predicted molar refractivity (Wildman–Crippen MR) is 95.0 cm³/mol. The number of aromatic nitrogens is 3. The third kappa shape index (κ3) is 3.30. The molecule has 136 valence electrons. The minimum atomic E-state index is -0.667. The summed E-state index contributed by atoms with van der Waals surface area (Å²) in [5.41, 5.74) is 1.20. The first-order chi connectivity index (χ1) is 12.5. The molecule has 0 fully saturated rings. The molecule has 8 nitrogen and oxygen atoms in total. The number of carbonyl (C=O) groups is 1. The van der Waals surface area contributed by atoms with Gasteiger partial charge in [0.25, 0.3) is 11.3 Å². The van der Waals surface area contributed by atoms with Gasteiger partial charge < -0.3 is 14.6 Å². The quantitative estimate of drug-likeness (QED) is 0.725. The number of nitrogens with one attached hydrogen (secondary N) is 1. The summed E-state index contributed by atoms with van der Waals surface area (Å²) in [6, 6.07) is 6.77. The van der Waals surface area contributed by atoms with E-state index in [2.05, 4.69) is 15.5 Å². The van der Waals surface area contributed by atoms with E-state index in [-0.39, 0.29) is 17.2 Å². The van der Waals surface area contributed by atoms with Crippen molar-refractivity contribution in [3.8, 4) is 5.75 Å². The van der Waals surface area contributed by atoms with Gasteiger partial charge in [0.2, 0.25) is 5.91 Å². The highest BCUT2D eigenvalue weighted by molar-refractivity contribution is 5.81. The zero-order chi connectivity index (χ0) is 18.7. The van der Waals surface area contributed by atoms with Gasteiger partial charge in [0.1, 0.15) is 23.5 Å². The van der Waals surface area contributed by atoms with Gasteiger partial charge in [-0.15, -0.1) is 0 Å². The fraction of sp³-hybridized carbons (Fsp3) is 0.333. The highest BCUT2D eigenvalue weighted by Crippen LogP contribution is 2.15. The van der Waals surface area contributed by atoms with Crippen molar-refractivity contribution in [2.45, 2.75) is 32.9 Å². The topological polar surface area (TPSA) is 99.2 Å². The van der Waals surface area contributed by atoms with E-state index in [0.29, 0.717) is 24.0 Å². The summed E-state index contributed by atoms with van der Waals surface area (Å²) in [5.74, 6) is 0.463. The van der Waals surface area contributed by atoms with Crippen LogP contribution < -0.4 is 15.6 Å². The van der Waals surface area contributed by atoms with Gasteiger partial charge in [-0.3, -0.25) is 14.2 Å². The number of amides is 1. The molecule has 0 aliphatic heterocycles. The Balaban J connectivity index is 1.82. The molecule has 1 amide bonds. The Kier molecular flexibility index (Phi) is 5.01. The molecule has 0 saturated heterocycles. The molecule has 0 aliphatic rings. The normalized spacial score (nSPS) is 12.1. The van der Waals surface area contributed by atoms with Crippen LogP contribution in [-0.2, 0) is 11.3 Å². The van der Waals surface area contributed by atoms with Crippen LogP contribution in [-0.4, -0.2) is 27.7 Å². The number of methoxy groups -OCH3 is 1. The van der Waals surface area contributed by atoms with Crippen molar-refractivity contribution in [2.24, 2.45) is 0 Å². The number of aryl methyl sites for hydroxylation is 1. The number of ether oxygens (including phenoxy) is 1. The first-order valence-electron chi connectivity index (χ1n) is 8.29. The van der Waals surface area contributed by atoms with E-state index in [4.69, 9.17) is 9.26 Å². The summed E-state index contributed by atoms with van der Waals surface area (Å²) in [6.07, 6.45) is 1.77. The van der Waals surface area contributed by atoms with E-state index in [1.54, 1.807) is 14.0 Å². The van der Waals surface area contributed by atoms with Gasteiger partial charge in [-0.25, -0.2) is 4.98 Å². The van der Waals surface area contributed by atoms with Crippen molar-refractivity contribution in [2.75, 3.05) is 7.11 Å². The SMILES string of the molecule is CC[C@@H](C(=O)NCc1cccc(OC)c1)n1cnc2onc(C)c2c1=O. The van der Waals surface area contributed by atoms with Gasteiger partial charge in [0.05, 0.1) is 12.8 Å². The first-order valence-corrected chi connectivity index (χ1v) is 8.29. The fourth-order valence-corrected chi connectivity index (χ4v) is 2.81. The predicted octanol–water partition coefficient (Wildman–Crippen LogP) is 1.97. The third-order valence-corrected chi connectivity index (χ3v) is 4.22. The van der Waals surface area contributed by atoms with Crippen molar-refractivity contribution in [1.82, 2.24) is 20.0 Å². The molecule has 3 aromatic rings. The minimum absolute atomic E-state index is 0.176. The van der Waals surface area contributed by atoms with E-state index < -0.39 is 6.04 Å². The van der Waals surface area contributed by atoms with Crippen LogP contribution in [0.25, 0.3) is 11.1 Å². The van der Waals surface area contributed by atoms with Gasteiger partial charge in [-0.05, 0) is 31.0 Å². The van der Waals surface area contributed by atoms with Crippen molar-refractivity contribution < 1.29 is 14.1 Å². The second-order valence-electron chi connectivity index (χ2n) is 5.90. The lowest BCUT2D eigenvalue weighted by atomic mass is 10.1. The maximum Gasteiger partial charge on any atom is 0.267 e. The van der Waals surface area contributed by atoms with Crippen LogP contribution in [0.3, 0.4) is 0 Å². The van der Waals surface area contributed by atoms with Crippen LogP contribution in [0.1, 0.15) is 30.6 Å². The Morgan fingerprint density at radius 1 is 1.42 bits per heavy atom. The number of hydrogen-bond acceptors (Lipinski definition) is 6. The lowest BCUT2D eigenvalue weighted by Crippen LogP contribution is -2.37. The van der Waals surface area contributed by atoms with Gasteiger partial charge in [-0.1, -0.05) is 24.2 Å². The molecule has 1 N–H and O–H groups in total. The first kappa shape index (κ1) is 17.7. The second-order valence-corrected chi connectivity index (χ2v) is 5.90.